The van der Waals surface area contributed by atoms with Crippen LogP contribution in [0.25, 0.3) is 0 Å². The van der Waals surface area contributed by atoms with Crippen LogP contribution in [0.2, 0.25) is 0 Å². The van der Waals surface area contributed by atoms with E-state index in [9.17, 15) is 4.79 Å². The Balaban J connectivity index is 3.36. The van der Waals surface area contributed by atoms with E-state index < -0.39 is 0 Å². The van der Waals surface area contributed by atoms with Gasteiger partial charge in [-0.25, -0.2) is 0 Å². The summed E-state index contributed by atoms with van der Waals surface area (Å²) in [4.78, 5) is 14.5. The van der Waals surface area contributed by atoms with E-state index in [-0.39, 0.29) is 5.56 Å². The smallest absolute Gasteiger partial charge is 0.257 e. The average Bonchev–Trinajstić information content (AvgIpc) is 2.11. The van der Waals surface area contributed by atoms with Crippen molar-refractivity contribution in [3.8, 4) is 0 Å². The molecule has 1 aromatic rings. The molecule has 0 aliphatic carbocycles. The fraction of sp³-hybridized carbons (Fsp3) is 0.333. The lowest BCUT2D eigenvalue weighted by Crippen LogP contribution is -2.24. The molecule has 0 radical (unpaired) electrons. The second-order valence-electron chi connectivity index (χ2n) is 2.66. The standard InChI is InChI=1S/C9H12N2OS/c1-3-5-7-6-10-9(13)11(4-2)8(7)12/h3,6H,1,4-5H2,2H3,(H,10,13). The molecule has 1 aromatic heterocycles. The molecule has 0 saturated heterocycles. The van der Waals surface area contributed by atoms with E-state index in [0.29, 0.717) is 23.3 Å². The highest BCUT2D eigenvalue weighted by molar-refractivity contribution is 7.71. The molecule has 0 amide bonds. The number of H-pyrrole nitrogens is 1. The van der Waals surface area contributed by atoms with E-state index in [1.165, 1.54) is 4.57 Å². The molecular weight excluding hydrogens is 184 g/mol. The molecule has 1 N–H and O–H groups in total. The Morgan fingerprint density at radius 3 is 3.00 bits per heavy atom. The first-order chi connectivity index (χ1) is 6.20. The Labute approximate surface area is 81.7 Å². The van der Waals surface area contributed by atoms with Crippen molar-refractivity contribution in [2.45, 2.75) is 19.9 Å². The maximum atomic E-state index is 11.6. The van der Waals surface area contributed by atoms with Crippen molar-refractivity contribution < 1.29 is 0 Å². The Bertz CT molecular complexity index is 416. The van der Waals surface area contributed by atoms with Crippen LogP contribution >= 0.6 is 12.2 Å². The van der Waals surface area contributed by atoms with Gasteiger partial charge in [0.05, 0.1) is 0 Å². The third-order valence-corrected chi connectivity index (χ3v) is 2.15. The number of nitrogens with one attached hydrogen (secondary N) is 1. The fourth-order valence-electron chi connectivity index (χ4n) is 1.14. The van der Waals surface area contributed by atoms with Gasteiger partial charge in [0.1, 0.15) is 0 Å². The largest absolute Gasteiger partial charge is 0.338 e. The average molecular weight is 196 g/mol. The number of rotatable bonds is 3. The molecule has 0 saturated carbocycles. The van der Waals surface area contributed by atoms with Crippen LogP contribution in [0.15, 0.2) is 23.6 Å². The number of hydrogen-bond donors (Lipinski definition) is 1. The highest BCUT2D eigenvalue weighted by atomic mass is 32.1. The third-order valence-electron chi connectivity index (χ3n) is 1.82. The molecule has 0 aliphatic heterocycles. The molecule has 0 fully saturated rings. The van der Waals surface area contributed by atoms with Gasteiger partial charge >= 0.3 is 0 Å². The first-order valence-corrected chi connectivity index (χ1v) is 4.53. The summed E-state index contributed by atoms with van der Waals surface area (Å²) >= 11 is 4.96. The van der Waals surface area contributed by atoms with Gasteiger partial charge in [0.25, 0.3) is 5.56 Å². The van der Waals surface area contributed by atoms with Crippen molar-refractivity contribution in [1.29, 1.82) is 0 Å². The third kappa shape index (κ3) is 1.95. The molecule has 70 valence electrons. The van der Waals surface area contributed by atoms with Crippen molar-refractivity contribution in [1.82, 2.24) is 9.55 Å². The van der Waals surface area contributed by atoms with Crippen LogP contribution < -0.4 is 5.56 Å². The van der Waals surface area contributed by atoms with Crippen LogP contribution in [0.3, 0.4) is 0 Å². The highest BCUT2D eigenvalue weighted by Crippen LogP contribution is 1.92. The molecule has 1 rings (SSSR count). The van der Waals surface area contributed by atoms with Gasteiger partial charge in [-0.2, -0.15) is 0 Å². The molecule has 4 heteroatoms. The minimum absolute atomic E-state index is 0.0221. The highest BCUT2D eigenvalue weighted by Gasteiger charge is 2.01. The number of aromatic nitrogens is 2. The van der Waals surface area contributed by atoms with E-state index in [4.69, 9.17) is 12.2 Å². The minimum atomic E-state index is -0.0221. The van der Waals surface area contributed by atoms with Crippen molar-refractivity contribution in [3.05, 3.63) is 39.5 Å². The predicted octanol–water partition coefficient (Wildman–Crippen LogP) is 1.65. The van der Waals surface area contributed by atoms with Gasteiger partial charge in [-0.3, -0.25) is 9.36 Å². The number of hydrogen-bond acceptors (Lipinski definition) is 2. The molecule has 0 aromatic carbocycles. The van der Waals surface area contributed by atoms with Crippen LogP contribution in [-0.4, -0.2) is 9.55 Å². The summed E-state index contributed by atoms with van der Waals surface area (Å²) in [5, 5.41) is 0. The zero-order chi connectivity index (χ0) is 9.84. The lowest BCUT2D eigenvalue weighted by Gasteiger charge is -2.03. The van der Waals surface area contributed by atoms with E-state index in [0.717, 1.165) is 0 Å². The summed E-state index contributed by atoms with van der Waals surface area (Å²) in [7, 11) is 0. The van der Waals surface area contributed by atoms with Gasteiger partial charge in [0, 0.05) is 18.3 Å². The number of allylic oxidation sites excluding steroid dienone is 1. The predicted molar refractivity (Wildman–Crippen MR) is 55.5 cm³/mol. The molecule has 0 aliphatic rings. The molecule has 0 bridgehead atoms. The van der Waals surface area contributed by atoms with Crippen molar-refractivity contribution in [2.75, 3.05) is 0 Å². The maximum Gasteiger partial charge on any atom is 0.257 e. The molecule has 0 spiro atoms. The van der Waals surface area contributed by atoms with Crippen molar-refractivity contribution in [3.63, 3.8) is 0 Å². The molecule has 1 heterocycles. The zero-order valence-electron chi connectivity index (χ0n) is 7.54. The topological polar surface area (TPSA) is 37.8 Å². The first-order valence-electron chi connectivity index (χ1n) is 4.13. The Morgan fingerprint density at radius 1 is 1.77 bits per heavy atom. The summed E-state index contributed by atoms with van der Waals surface area (Å²) in [5.74, 6) is 0. The van der Waals surface area contributed by atoms with Gasteiger partial charge in [0.2, 0.25) is 0 Å². The maximum absolute atomic E-state index is 11.6. The van der Waals surface area contributed by atoms with Crippen LogP contribution in [0.1, 0.15) is 12.5 Å². The monoisotopic (exact) mass is 196 g/mol. The molecular formula is C9H12N2OS. The number of nitrogens with zero attached hydrogens (tertiary/aromatic N) is 1. The van der Waals surface area contributed by atoms with E-state index in [1.807, 2.05) is 6.92 Å². The second kappa shape index (κ2) is 4.18. The second-order valence-corrected chi connectivity index (χ2v) is 3.05. The molecule has 3 nitrogen and oxygen atoms in total. The summed E-state index contributed by atoms with van der Waals surface area (Å²) in [6.07, 6.45) is 3.93. The Morgan fingerprint density at radius 2 is 2.46 bits per heavy atom. The normalized spacial score (nSPS) is 9.92. The SMILES string of the molecule is C=CCc1c[nH]c(=S)n(CC)c1=O. The van der Waals surface area contributed by atoms with Gasteiger partial charge in [-0.1, -0.05) is 6.08 Å². The zero-order valence-corrected chi connectivity index (χ0v) is 8.36. The van der Waals surface area contributed by atoms with Crippen LogP contribution in [0.4, 0.5) is 0 Å². The van der Waals surface area contributed by atoms with Crippen molar-refractivity contribution >= 4 is 12.2 Å². The summed E-state index contributed by atoms with van der Waals surface area (Å²) in [6, 6.07) is 0. The number of aromatic amines is 1. The minimum Gasteiger partial charge on any atom is -0.338 e. The molecule has 0 atom stereocenters. The van der Waals surface area contributed by atoms with E-state index in [2.05, 4.69) is 11.6 Å². The van der Waals surface area contributed by atoms with Gasteiger partial charge in [-0.05, 0) is 25.6 Å². The summed E-state index contributed by atoms with van der Waals surface area (Å²) in [5.41, 5.74) is 0.677. The summed E-state index contributed by atoms with van der Waals surface area (Å²) in [6.45, 7) is 6.07. The lowest BCUT2D eigenvalue weighted by molar-refractivity contribution is 0.684. The van der Waals surface area contributed by atoms with Crippen LogP contribution in [0, 0.1) is 4.77 Å². The van der Waals surface area contributed by atoms with Crippen LogP contribution in [-0.2, 0) is 13.0 Å². The lowest BCUT2D eigenvalue weighted by atomic mass is 10.2. The van der Waals surface area contributed by atoms with Gasteiger partial charge in [0.15, 0.2) is 4.77 Å². The molecule has 0 unspecified atom stereocenters. The van der Waals surface area contributed by atoms with Crippen molar-refractivity contribution in [2.24, 2.45) is 0 Å². The van der Waals surface area contributed by atoms with Crippen LogP contribution in [0.5, 0.6) is 0 Å². The first kappa shape index (κ1) is 9.92. The Hall–Kier alpha value is -1.16. The summed E-state index contributed by atoms with van der Waals surface area (Å²) < 4.78 is 2.01. The van der Waals surface area contributed by atoms with E-state index >= 15 is 0 Å². The van der Waals surface area contributed by atoms with Gasteiger partial charge < -0.3 is 4.98 Å². The fourth-order valence-corrected chi connectivity index (χ4v) is 1.41. The quantitative estimate of drug-likeness (QED) is 0.589. The Kier molecular flexibility index (Phi) is 3.19. The van der Waals surface area contributed by atoms with E-state index in [1.54, 1.807) is 12.3 Å². The van der Waals surface area contributed by atoms with Gasteiger partial charge in [-0.15, -0.1) is 6.58 Å². The molecule has 13 heavy (non-hydrogen) atoms.